The van der Waals surface area contributed by atoms with E-state index >= 15 is 0 Å². The quantitative estimate of drug-likeness (QED) is 0.842. The fraction of sp³-hybridized carbons (Fsp3) is 0.500. The van der Waals surface area contributed by atoms with E-state index in [1.54, 1.807) is 22.7 Å². The molecule has 0 saturated carbocycles. The van der Waals surface area contributed by atoms with E-state index in [0.717, 1.165) is 12.8 Å². The zero-order chi connectivity index (χ0) is 13.2. The number of thiophene rings is 1. The third-order valence-corrected chi connectivity index (χ3v) is 5.87. The van der Waals surface area contributed by atoms with Crippen molar-refractivity contribution in [1.82, 2.24) is 4.90 Å². The van der Waals surface area contributed by atoms with Gasteiger partial charge >= 0.3 is 0 Å². The molecule has 18 heavy (non-hydrogen) atoms. The molecule has 0 aliphatic carbocycles. The largest absolute Gasteiger partial charge is 0.338 e. The van der Waals surface area contributed by atoms with Gasteiger partial charge in [0.25, 0.3) is 5.91 Å². The van der Waals surface area contributed by atoms with Gasteiger partial charge < -0.3 is 4.90 Å². The molecule has 2 rings (SSSR count). The molecule has 1 amide bonds. The average Bonchev–Trinajstić information content (AvgIpc) is 2.84. The molecule has 1 fully saturated rings. The number of hydrogen-bond acceptors (Lipinski definition) is 4. The molecule has 1 aliphatic heterocycles. The Morgan fingerprint density at radius 2 is 2.28 bits per heavy atom. The highest BCUT2D eigenvalue weighted by Crippen LogP contribution is 2.35. The molecule has 1 aromatic rings. The number of amides is 1. The molecule has 0 bridgehead atoms. The van der Waals surface area contributed by atoms with E-state index in [2.05, 4.69) is 6.07 Å². The summed E-state index contributed by atoms with van der Waals surface area (Å²) >= 11 is 8.93. The van der Waals surface area contributed by atoms with Gasteiger partial charge in [0, 0.05) is 13.1 Å². The lowest BCUT2D eigenvalue weighted by atomic mass is 9.97. The van der Waals surface area contributed by atoms with Crippen LogP contribution >= 0.6 is 34.7 Å². The zero-order valence-electron chi connectivity index (χ0n) is 9.98. The van der Waals surface area contributed by atoms with Crippen LogP contribution in [0.2, 0.25) is 5.02 Å². The number of hydrogen-bond donors (Lipinski definition) is 0. The summed E-state index contributed by atoms with van der Waals surface area (Å²) in [5.74, 6) is -0.0114. The van der Waals surface area contributed by atoms with E-state index in [1.807, 2.05) is 11.6 Å². The minimum atomic E-state index is -0.323. The maximum Gasteiger partial charge on any atom is 0.265 e. The van der Waals surface area contributed by atoms with Crippen molar-refractivity contribution in [2.45, 2.75) is 17.6 Å². The van der Waals surface area contributed by atoms with Gasteiger partial charge in [0.1, 0.15) is 9.62 Å². The molecule has 0 N–H and O–H groups in total. The molecule has 3 nitrogen and oxygen atoms in total. The highest BCUT2D eigenvalue weighted by Gasteiger charge is 2.36. The molecule has 6 heteroatoms. The number of thioether (sulfide) groups is 1. The standard InChI is InChI=1S/C12H13ClN2OS2/c1-17-12(8-14)3-5-15(6-4-12)11(16)10-9(13)2-7-18-10/h2,7H,3-6H2,1H3. The van der Waals surface area contributed by atoms with Crippen LogP contribution in [-0.4, -0.2) is 34.9 Å². The lowest BCUT2D eigenvalue weighted by Gasteiger charge is -2.36. The van der Waals surface area contributed by atoms with Gasteiger partial charge in [-0.3, -0.25) is 4.79 Å². The Hall–Kier alpha value is -0.700. The number of carbonyl (C=O) groups excluding carboxylic acids is 1. The summed E-state index contributed by atoms with van der Waals surface area (Å²) in [6.45, 7) is 1.25. The monoisotopic (exact) mass is 300 g/mol. The van der Waals surface area contributed by atoms with E-state index in [-0.39, 0.29) is 10.7 Å². The summed E-state index contributed by atoms with van der Waals surface area (Å²) in [5.41, 5.74) is 0. The van der Waals surface area contributed by atoms with E-state index in [9.17, 15) is 10.1 Å². The Kier molecular flexibility index (Phi) is 4.21. The summed E-state index contributed by atoms with van der Waals surface area (Å²) in [6, 6.07) is 4.12. The van der Waals surface area contributed by atoms with Crippen molar-refractivity contribution in [3.05, 3.63) is 21.3 Å². The number of halogens is 1. The molecule has 1 aliphatic rings. The first-order valence-corrected chi connectivity index (χ1v) is 8.09. The van der Waals surface area contributed by atoms with Crippen molar-refractivity contribution in [2.75, 3.05) is 19.3 Å². The number of nitrogens with zero attached hydrogens (tertiary/aromatic N) is 2. The Balaban J connectivity index is 2.05. The number of nitriles is 1. The van der Waals surface area contributed by atoms with Crippen molar-refractivity contribution in [1.29, 1.82) is 5.26 Å². The minimum Gasteiger partial charge on any atom is -0.338 e. The summed E-state index contributed by atoms with van der Waals surface area (Å²) in [6.07, 6.45) is 3.40. The topological polar surface area (TPSA) is 44.1 Å². The molecule has 1 aromatic heterocycles. The van der Waals surface area contributed by atoms with Crippen LogP contribution in [0.25, 0.3) is 0 Å². The molecular formula is C12H13ClN2OS2. The van der Waals surface area contributed by atoms with E-state index in [1.165, 1.54) is 11.3 Å². The van der Waals surface area contributed by atoms with Crippen LogP contribution in [0, 0.1) is 11.3 Å². The van der Waals surface area contributed by atoms with E-state index < -0.39 is 0 Å². The first-order chi connectivity index (χ1) is 8.62. The highest BCUT2D eigenvalue weighted by molar-refractivity contribution is 8.00. The number of carbonyl (C=O) groups is 1. The second-order valence-electron chi connectivity index (χ2n) is 4.20. The van der Waals surface area contributed by atoms with Gasteiger partial charge in [-0.05, 0) is 30.5 Å². The molecule has 0 spiro atoms. The Morgan fingerprint density at radius 1 is 1.61 bits per heavy atom. The predicted octanol–water partition coefficient (Wildman–Crippen LogP) is 3.26. The van der Waals surface area contributed by atoms with Gasteiger partial charge in [-0.25, -0.2) is 0 Å². The summed E-state index contributed by atoms with van der Waals surface area (Å²) < 4.78 is -0.323. The second kappa shape index (κ2) is 5.52. The fourth-order valence-electron chi connectivity index (χ4n) is 2.02. The van der Waals surface area contributed by atoms with Crippen molar-refractivity contribution in [2.24, 2.45) is 0 Å². The highest BCUT2D eigenvalue weighted by atomic mass is 35.5. The minimum absolute atomic E-state index is 0.0114. The molecule has 96 valence electrons. The smallest absolute Gasteiger partial charge is 0.265 e. The summed E-state index contributed by atoms with van der Waals surface area (Å²) in [4.78, 5) is 14.6. The molecule has 2 heterocycles. The van der Waals surface area contributed by atoms with Gasteiger partial charge in [-0.2, -0.15) is 5.26 Å². The average molecular weight is 301 g/mol. The number of likely N-dealkylation sites (tertiary alicyclic amines) is 1. The predicted molar refractivity (Wildman–Crippen MR) is 76.3 cm³/mol. The summed E-state index contributed by atoms with van der Waals surface area (Å²) in [5, 5.41) is 11.5. The zero-order valence-corrected chi connectivity index (χ0v) is 12.4. The molecule has 0 atom stereocenters. The second-order valence-corrected chi connectivity index (χ2v) is 6.71. The molecule has 0 aromatic carbocycles. The number of rotatable bonds is 2. The van der Waals surface area contributed by atoms with Crippen LogP contribution in [0.5, 0.6) is 0 Å². The maximum absolute atomic E-state index is 12.2. The van der Waals surface area contributed by atoms with Crippen LogP contribution in [0.3, 0.4) is 0 Å². The SMILES string of the molecule is CSC1(C#N)CCN(C(=O)c2sccc2Cl)CC1. The molecule has 0 radical (unpaired) electrons. The van der Waals surface area contributed by atoms with Gasteiger partial charge in [0.15, 0.2) is 0 Å². The molecular weight excluding hydrogens is 288 g/mol. The van der Waals surface area contributed by atoms with E-state index in [4.69, 9.17) is 11.6 Å². The fourth-order valence-corrected chi connectivity index (χ4v) is 3.81. The number of piperidine rings is 1. The first kappa shape index (κ1) is 13.7. The van der Waals surface area contributed by atoms with Crippen LogP contribution in [-0.2, 0) is 0 Å². The van der Waals surface area contributed by atoms with Crippen molar-refractivity contribution in [3.8, 4) is 6.07 Å². The summed E-state index contributed by atoms with van der Waals surface area (Å²) in [7, 11) is 0. The molecule has 1 saturated heterocycles. The molecule has 0 unspecified atom stereocenters. The van der Waals surface area contributed by atoms with Gasteiger partial charge in [-0.1, -0.05) is 11.6 Å². The van der Waals surface area contributed by atoms with E-state index in [0.29, 0.717) is 23.0 Å². The van der Waals surface area contributed by atoms with Crippen molar-refractivity contribution < 1.29 is 4.79 Å². The van der Waals surface area contributed by atoms with Crippen LogP contribution in [0.15, 0.2) is 11.4 Å². The van der Waals surface area contributed by atoms with Gasteiger partial charge in [0.05, 0.1) is 11.1 Å². The Labute approximate surface area is 120 Å². The maximum atomic E-state index is 12.2. The third kappa shape index (κ3) is 2.51. The Morgan fingerprint density at radius 3 is 2.72 bits per heavy atom. The Bertz CT molecular complexity index is 487. The van der Waals surface area contributed by atoms with Crippen LogP contribution in [0.4, 0.5) is 0 Å². The van der Waals surface area contributed by atoms with Crippen molar-refractivity contribution in [3.63, 3.8) is 0 Å². The normalized spacial score (nSPS) is 18.4. The van der Waals surface area contributed by atoms with Crippen LogP contribution < -0.4 is 0 Å². The van der Waals surface area contributed by atoms with Gasteiger partial charge in [-0.15, -0.1) is 23.1 Å². The first-order valence-electron chi connectivity index (χ1n) is 5.60. The van der Waals surface area contributed by atoms with Crippen LogP contribution in [0.1, 0.15) is 22.5 Å². The third-order valence-electron chi connectivity index (χ3n) is 3.26. The lowest BCUT2D eigenvalue weighted by Crippen LogP contribution is -2.44. The van der Waals surface area contributed by atoms with Crippen molar-refractivity contribution >= 4 is 40.6 Å². The van der Waals surface area contributed by atoms with Gasteiger partial charge in [0.2, 0.25) is 0 Å². The lowest BCUT2D eigenvalue weighted by molar-refractivity contribution is 0.0721.